The molecule has 0 aromatic heterocycles. The molecule has 0 unspecified atom stereocenters. The first kappa shape index (κ1) is 23.9. The van der Waals surface area contributed by atoms with Gasteiger partial charge in [-0.25, -0.2) is 0 Å². The van der Waals surface area contributed by atoms with Gasteiger partial charge in [-0.3, -0.25) is 0 Å². The maximum atomic E-state index is 10.5. The second kappa shape index (κ2) is 10.4. The van der Waals surface area contributed by atoms with Crippen molar-refractivity contribution < 1.29 is 38.7 Å². The van der Waals surface area contributed by atoms with Crippen molar-refractivity contribution >= 4 is 0 Å². The van der Waals surface area contributed by atoms with Crippen LogP contribution >= 0.6 is 0 Å². The van der Waals surface area contributed by atoms with Crippen LogP contribution in [0.5, 0.6) is 5.75 Å². The highest BCUT2D eigenvalue weighted by Gasteiger charge is 2.31. The van der Waals surface area contributed by atoms with Gasteiger partial charge in [0.05, 0.1) is 32.3 Å². The van der Waals surface area contributed by atoms with Gasteiger partial charge in [-0.15, -0.1) is 0 Å². The van der Waals surface area contributed by atoms with Gasteiger partial charge in [0, 0.05) is 17.9 Å². The Morgan fingerprint density at radius 3 is 2.04 bits per heavy atom. The van der Waals surface area contributed by atoms with E-state index in [9.17, 15) is 10.2 Å². The Labute approximate surface area is 181 Å². The van der Waals surface area contributed by atoms with Gasteiger partial charge in [0.15, 0.2) is 0 Å². The topological polar surface area (TPSA) is 40.5 Å². The van der Waals surface area contributed by atoms with Crippen molar-refractivity contribution in [3.63, 3.8) is 0 Å². The van der Waals surface area contributed by atoms with E-state index in [4.69, 9.17) is 0 Å². The lowest BCUT2D eigenvalue weighted by molar-refractivity contribution is -0.949. The van der Waals surface area contributed by atoms with E-state index < -0.39 is 0 Å². The fourth-order valence-electron chi connectivity index (χ4n) is 3.69. The van der Waals surface area contributed by atoms with Crippen LogP contribution in [-0.4, -0.2) is 40.4 Å². The predicted molar refractivity (Wildman–Crippen MR) is 108 cm³/mol. The number of nitrogens with zero attached hydrogens (tertiary/aromatic N) is 1. The number of rotatable bonds is 8. The second-order valence-corrected chi connectivity index (χ2v) is 8.06. The first-order valence-electron chi connectivity index (χ1n) is 9.62. The number of aliphatic hydroxyl groups excluding tert-OH is 1. The third kappa shape index (κ3) is 5.69. The molecule has 0 saturated carbocycles. The molecular formula is C23H34INO2. The van der Waals surface area contributed by atoms with E-state index in [-0.39, 0.29) is 36.5 Å². The number of aliphatic hydroxyl groups is 1. The van der Waals surface area contributed by atoms with E-state index in [0.29, 0.717) is 17.8 Å². The Bertz CT molecular complexity index is 693. The maximum absolute atomic E-state index is 10.5. The number of aromatic hydroxyl groups is 1. The van der Waals surface area contributed by atoms with Crippen molar-refractivity contribution in [2.75, 3.05) is 13.6 Å². The summed E-state index contributed by atoms with van der Waals surface area (Å²) in [4.78, 5) is 0. The largest absolute Gasteiger partial charge is 1.00 e. The Morgan fingerprint density at radius 2 is 1.52 bits per heavy atom. The molecule has 3 nitrogen and oxygen atoms in total. The third-order valence-electron chi connectivity index (χ3n) is 6.11. The van der Waals surface area contributed by atoms with Crippen molar-refractivity contribution in [3.05, 3.63) is 65.2 Å². The predicted octanol–water partition coefficient (Wildman–Crippen LogP) is 1.67. The van der Waals surface area contributed by atoms with Crippen LogP contribution in [0.25, 0.3) is 0 Å². The van der Waals surface area contributed by atoms with Crippen molar-refractivity contribution in [1.29, 1.82) is 0 Å². The van der Waals surface area contributed by atoms with Crippen LogP contribution in [0.15, 0.2) is 48.5 Å². The fraction of sp³-hybridized carbons (Fsp3) is 0.478. The highest BCUT2D eigenvalue weighted by atomic mass is 127. The van der Waals surface area contributed by atoms with E-state index in [1.165, 1.54) is 5.56 Å². The first-order chi connectivity index (χ1) is 12.3. The summed E-state index contributed by atoms with van der Waals surface area (Å²) in [5.74, 6) is 0.414. The van der Waals surface area contributed by atoms with Gasteiger partial charge in [0.1, 0.15) is 5.75 Å². The normalized spacial score (nSPS) is 12.9. The molecular weight excluding hydrogens is 449 g/mol. The van der Waals surface area contributed by atoms with Crippen LogP contribution < -0.4 is 24.0 Å². The monoisotopic (exact) mass is 483 g/mol. The highest BCUT2D eigenvalue weighted by Crippen LogP contribution is 2.36. The van der Waals surface area contributed by atoms with Gasteiger partial charge in [-0.1, -0.05) is 36.4 Å². The van der Waals surface area contributed by atoms with Gasteiger partial charge >= 0.3 is 0 Å². The molecule has 2 aromatic carbocycles. The number of hydrogen-bond donors (Lipinski definition) is 2. The molecule has 0 bridgehead atoms. The number of halogens is 1. The van der Waals surface area contributed by atoms with Gasteiger partial charge in [0.2, 0.25) is 0 Å². The molecule has 0 saturated heterocycles. The van der Waals surface area contributed by atoms with Crippen molar-refractivity contribution in [3.8, 4) is 5.75 Å². The third-order valence-corrected chi connectivity index (χ3v) is 6.11. The summed E-state index contributed by atoms with van der Waals surface area (Å²) in [5.41, 5.74) is 2.95. The van der Waals surface area contributed by atoms with E-state index in [1.54, 1.807) is 12.1 Å². The average molecular weight is 483 g/mol. The molecule has 2 N–H and O–H groups in total. The van der Waals surface area contributed by atoms with Crippen molar-refractivity contribution in [1.82, 2.24) is 0 Å². The van der Waals surface area contributed by atoms with Crippen LogP contribution in [0.3, 0.4) is 0 Å². The summed E-state index contributed by atoms with van der Waals surface area (Å²) in [6.07, 6.45) is 0.944. The van der Waals surface area contributed by atoms with Gasteiger partial charge in [-0.2, -0.15) is 0 Å². The number of hydrogen-bond acceptors (Lipinski definition) is 2. The average Bonchev–Trinajstić information content (AvgIpc) is 2.63. The molecule has 0 radical (unpaired) electrons. The molecule has 0 aliphatic heterocycles. The Hall–Kier alpha value is -1.11. The SMILES string of the molecule is CC(C)[N+](C)(CC[C@H](c1ccccc1)c1cc(CO)ccc1O)C(C)C.[I-]. The second-order valence-electron chi connectivity index (χ2n) is 8.06. The van der Waals surface area contributed by atoms with Gasteiger partial charge < -0.3 is 38.7 Å². The van der Waals surface area contributed by atoms with Crippen LogP contribution in [0.1, 0.15) is 56.7 Å². The molecule has 2 aromatic rings. The minimum atomic E-state index is -0.0133. The number of quaternary nitrogens is 1. The summed E-state index contributed by atoms with van der Waals surface area (Å²) in [7, 11) is 2.32. The molecule has 0 fully saturated rings. The lowest BCUT2D eigenvalue weighted by Crippen LogP contribution is -3.00. The highest BCUT2D eigenvalue weighted by molar-refractivity contribution is 5.43. The summed E-state index contributed by atoms with van der Waals surface area (Å²) < 4.78 is 0.990. The zero-order chi connectivity index (χ0) is 19.3. The fourth-order valence-corrected chi connectivity index (χ4v) is 3.69. The van der Waals surface area contributed by atoms with Crippen LogP contribution in [0, 0.1) is 0 Å². The zero-order valence-electron chi connectivity index (χ0n) is 17.2. The quantitative estimate of drug-likeness (QED) is 0.443. The lowest BCUT2D eigenvalue weighted by atomic mass is 9.86. The lowest BCUT2D eigenvalue weighted by Gasteiger charge is -2.43. The molecule has 2 rings (SSSR count). The molecule has 150 valence electrons. The number of benzene rings is 2. The van der Waals surface area contributed by atoms with Gasteiger partial charge in [0.25, 0.3) is 0 Å². The standard InChI is InChI=1S/C23H33NO2.HI/c1-17(2)24(5,18(3)4)14-13-21(20-9-7-6-8-10-20)22-15-19(16-25)11-12-23(22)26;/h6-12,15,17-18,21,25H,13-14,16H2,1-5H3;1H/t21-;/m1./s1. The maximum Gasteiger partial charge on any atom is 0.119 e. The minimum absolute atomic E-state index is 0. The molecule has 0 aliphatic rings. The number of phenolic OH excluding ortho intramolecular Hbond substituents is 1. The molecule has 0 amide bonds. The van der Waals surface area contributed by atoms with Crippen LogP contribution in [-0.2, 0) is 6.61 Å². The van der Waals surface area contributed by atoms with E-state index in [2.05, 4.69) is 46.9 Å². The van der Waals surface area contributed by atoms with E-state index in [1.807, 2.05) is 24.3 Å². The Balaban J connectivity index is 0.00000364. The van der Waals surface area contributed by atoms with Crippen LogP contribution in [0.2, 0.25) is 0 Å². The molecule has 0 aliphatic carbocycles. The van der Waals surface area contributed by atoms with Crippen LogP contribution in [0.4, 0.5) is 0 Å². The first-order valence-corrected chi connectivity index (χ1v) is 9.62. The smallest absolute Gasteiger partial charge is 0.119 e. The zero-order valence-corrected chi connectivity index (χ0v) is 19.3. The molecule has 4 heteroatoms. The Morgan fingerprint density at radius 1 is 0.926 bits per heavy atom. The molecule has 1 atom stereocenters. The molecule has 27 heavy (non-hydrogen) atoms. The van der Waals surface area contributed by atoms with E-state index in [0.717, 1.165) is 28.6 Å². The number of phenols is 1. The van der Waals surface area contributed by atoms with Crippen molar-refractivity contribution in [2.24, 2.45) is 0 Å². The summed E-state index contributed by atoms with van der Waals surface area (Å²) in [5, 5.41) is 20.0. The molecule has 0 heterocycles. The van der Waals surface area contributed by atoms with E-state index >= 15 is 0 Å². The van der Waals surface area contributed by atoms with Gasteiger partial charge in [-0.05, 0) is 51.0 Å². The van der Waals surface area contributed by atoms with Crippen molar-refractivity contribution in [2.45, 2.75) is 58.7 Å². The Kier molecular flexibility index (Phi) is 9.25. The minimum Gasteiger partial charge on any atom is -1.00 e. The summed E-state index contributed by atoms with van der Waals surface area (Å²) in [6.45, 7) is 10.1. The summed E-state index contributed by atoms with van der Waals surface area (Å²) in [6, 6.07) is 16.9. The summed E-state index contributed by atoms with van der Waals surface area (Å²) >= 11 is 0. The molecule has 0 spiro atoms.